The average Bonchev–Trinajstić information content (AvgIpc) is 2.72. The molecular weight excluding hydrogens is 445 g/mol. The number of halogens is 2. The zero-order chi connectivity index (χ0) is 21.5. The van der Waals surface area contributed by atoms with Gasteiger partial charge in [-0.2, -0.15) is 5.26 Å². The predicted octanol–water partition coefficient (Wildman–Crippen LogP) is 6.94. The third-order valence-corrected chi connectivity index (χ3v) is 4.99. The SMILES string of the molecule is CCOc1cc(/C=C(\C#N)c2ccc(C)cc2)cc(Br)c1OCc1cccc(F)c1. The molecule has 0 aliphatic carbocycles. The maximum Gasteiger partial charge on any atom is 0.175 e. The summed E-state index contributed by atoms with van der Waals surface area (Å²) in [4.78, 5) is 0. The molecule has 152 valence electrons. The van der Waals surface area contributed by atoms with E-state index in [1.54, 1.807) is 12.1 Å². The molecular formula is C25H21BrFNO2. The second-order valence-corrected chi connectivity index (χ2v) is 7.57. The number of benzene rings is 3. The number of hydrogen-bond donors (Lipinski definition) is 0. The van der Waals surface area contributed by atoms with Gasteiger partial charge < -0.3 is 9.47 Å². The maximum absolute atomic E-state index is 13.4. The van der Waals surface area contributed by atoms with Crippen molar-refractivity contribution in [3.05, 3.63) is 93.2 Å². The van der Waals surface area contributed by atoms with Crippen LogP contribution in [0.1, 0.15) is 29.2 Å². The van der Waals surface area contributed by atoms with Crippen LogP contribution >= 0.6 is 15.9 Å². The van der Waals surface area contributed by atoms with E-state index < -0.39 is 0 Å². The van der Waals surface area contributed by atoms with Gasteiger partial charge in [0.1, 0.15) is 12.4 Å². The standard InChI is InChI=1S/C25H21BrFNO2/c1-3-29-24-14-19(11-21(15-28)20-9-7-17(2)8-10-20)13-23(26)25(24)30-16-18-5-4-6-22(27)12-18/h4-14H,3,16H2,1-2H3/b21-11+. The van der Waals surface area contributed by atoms with Crippen molar-refractivity contribution in [2.24, 2.45) is 0 Å². The van der Waals surface area contributed by atoms with E-state index in [0.717, 1.165) is 22.3 Å². The Morgan fingerprint density at radius 2 is 1.87 bits per heavy atom. The summed E-state index contributed by atoms with van der Waals surface area (Å²) < 4.78 is 25.8. The molecule has 3 aromatic rings. The highest BCUT2D eigenvalue weighted by atomic mass is 79.9. The Kier molecular flexibility index (Phi) is 7.26. The predicted molar refractivity (Wildman–Crippen MR) is 121 cm³/mol. The van der Waals surface area contributed by atoms with Crippen molar-refractivity contribution in [2.45, 2.75) is 20.5 Å². The molecule has 0 spiro atoms. The van der Waals surface area contributed by atoms with Crippen molar-refractivity contribution in [1.29, 1.82) is 5.26 Å². The van der Waals surface area contributed by atoms with E-state index >= 15 is 0 Å². The number of allylic oxidation sites excluding steroid dienone is 1. The minimum Gasteiger partial charge on any atom is -0.490 e. The van der Waals surface area contributed by atoms with Crippen molar-refractivity contribution in [3.63, 3.8) is 0 Å². The molecule has 0 radical (unpaired) electrons. The quantitative estimate of drug-likeness (QED) is 0.280. The van der Waals surface area contributed by atoms with Gasteiger partial charge in [0.25, 0.3) is 0 Å². The highest BCUT2D eigenvalue weighted by Crippen LogP contribution is 2.38. The summed E-state index contributed by atoms with van der Waals surface area (Å²) in [5.74, 6) is 0.781. The summed E-state index contributed by atoms with van der Waals surface area (Å²) in [5, 5.41) is 9.62. The summed E-state index contributed by atoms with van der Waals surface area (Å²) in [6, 6.07) is 20.1. The van der Waals surface area contributed by atoms with Crippen molar-refractivity contribution in [3.8, 4) is 17.6 Å². The fraction of sp³-hybridized carbons (Fsp3) is 0.160. The minimum atomic E-state index is -0.305. The topological polar surface area (TPSA) is 42.2 Å². The number of aryl methyl sites for hydroxylation is 1. The van der Waals surface area contributed by atoms with Gasteiger partial charge >= 0.3 is 0 Å². The fourth-order valence-corrected chi connectivity index (χ4v) is 3.51. The van der Waals surface area contributed by atoms with E-state index in [0.29, 0.717) is 28.2 Å². The van der Waals surface area contributed by atoms with Gasteiger partial charge in [-0.15, -0.1) is 0 Å². The molecule has 3 nitrogen and oxygen atoms in total. The molecule has 0 saturated heterocycles. The molecule has 0 N–H and O–H groups in total. The van der Waals surface area contributed by atoms with Gasteiger partial charge in [0, 0.05) is 0 Å². The largest absolute Gasteiger partial charge is 0.490 e. The number of hydrogen-bond acceptors (Lipinski definition) is 3. The Balaban J connectivity index is 1.92. The van der Waals surface area contributed by atoms with E-state index in [1.807, 2.05) is 56.3 Å². The molecule has 0 unspecified atom stereocenters. The smallest absolute Gasteiger partial charge is 0.175 e. The molecule has 0 heterocycles. The molecule has 0 atom stereocenters. The van der Waals surface area contributed by atoms with Crippen LogP contribution in [-0.4, -0.2) is 6.61 Å². The van der Waals surface area contributed by atoms with Gasteiger partial charge in [-0.3, -0.25) is 0 Å². The Bertz CT molecular complexity index is 1100. The van der Waals surface area contributed by atoms with Gasteiger partial charge in [0.2, 0.25) is 0 Å². The molecule has 0 aliphatic rings. The van der Waals surface area contributed by atoms with Crippen LogP contribution in [0.15, 0.2) is 65.1 Å². The van der Waals surface area contributed by atoms with Crippen LogP contribution in [-0.2, 0) is 6.61 Å². The molecule has 3 aromatic carbocycles. The summed E-state index contributed by atoms with van der Waals surface area (Å²) in [6.07, 6.45) is 1.81. The number of nitrogens with zero attached hydrogens (tertiary/aromatic N) is 1. The van der Waals surface area contributed by atoms with E-state index in [-0.39, 0.29) is 12.4 Å². The van der Waals surface area contributed by atoms with Crippen molar-refractivity contribution >= 4 is 27.6 Å². The van der Waals surface area contributed by atoms with Crippen LogP contribution in [0, 0.1) is 24.1 Å². The summed E-state index contributed by atoms with van der Waals surface area (Å²) in [7, 11) is 0. The number of nitriles is 1. The van der Waals surface area contributed by atoms with E-state index in [4.69, 9.17) is 9.47 Å². The zero-order valence-electron chi connectivity index (χ0n) is 16.8. The monoisotopic (exact) mass is 465 g/mol. The lowest BCUT2D eigenvalue weighted by molar-refractivity contribution is 0.267. The third-order valence-electron chi connectivity index (χ3n) is 4.40. The van der Waals surface area contributed by atoms with Crippen LogP contribution in [0.3, 0.4) is 0 Å². The highest BCUT2D eigenvalue weighted by molar-refractivity contribution is 9.10. The normalized spacial score (nSPS) is 11.1. The first kappa shape index (κ1) is 21.6. The Labute approximate surface area is 184 Å². The van der Waals surface area contributed by atoms with Gasteiger partial charge in [-0.1, -0.05) is 42.0 Å². The average molecular weight is 466 g/mol. The lowest BCUT2D eigenvalue weighted by atomic mass is 10.0. The van der Waals surface area contributed by atoms with E-state index in [2.05, 4.69) is 22.0 Å². The zero-order valence-corrected chi connectivity index (χ0v) is 18.4. The summed E-state index contributed by atoms with van der Waals surface area (Å²) in [6.45, 7) is 4.56. The first-order valence-corrected chi connectivity index (χ1v) is 10.3. The van der Waals surface area contributed by atoms with Crippen LogP contribution in [0.25, 0.3) is 11.6 Å². The second-order valence-electron chi connectivity index (χ2n) is 6.72. The van der Waals surface area contributed by atoms with Crippen LogP contribution in [0.4, 0.5) is 4.39 Å². The molecule has 0 amide bonds. The molecule has 5 heteroatoms. The van der Waals surface area contributed by atoms with Crippen LogP contribution in [0.5, 0.6) is 11.5 Å². The lowest BCUT2D eigenvalue weighted by Gasteiger charge is -2.15. The van der Waals surface area contributed by atoms with Gasteiger partial charge in [-0.05, 0) is 76.8 Å². The van der Waals surface area contributed by atoms with E-state index in [9.17, 15) is 9.65 Å². The van der Waals surface area contributed by atoms with Gasteiger partial charge in [-0.25, -0.2) is 4.39 Å². The molecule has 30 heavy (non-hydrogen) atoms. The third kappa shape index (κ3) is 5.49. The van der Waals surface area contributed by atoms with Gasteiger partial charge in [0.15, 0.2) is 11.5 Å². The van der Waals surface area contributed by atoms with Crippen LogP contribution in [0.2, 0.25) is 0 Å². The molecule has 3 rings (SSSR count). The maximum atomic E-state index is 13.4. The Morgan fingerprint density at radius 1 is 1.10 bits per heavy atom. The Morgan fingerprint density at radius 3 is 2.53 bits per heavy atom. The van der Waals surface area contributed by atoms with Gasteiger partial charge in [0.05, 0.1) is 22.7 Å². The highest BCUT2D eigenvalue weighted by Gasteiger charge is 2.13. The van der Waals surface area contributed by atoms with Crippen molar-refractivity contribution in [1.82, 2.24) is 0 Å². The van der Waals surface area contributed by atoms with Crippen LogP contribution < -0.4 is 9.47 Å². The second kappa shape index (κ2) is 10.1. The van der Waals surface area contributed by atoms with E-state index in [1.165, 1.54) is 12.1 Å². The van der Waals surface area contributed by atoms with Crippen molar-refractivity contribution in [2.75, 3.05) is 6.61 Å². The molecule has 0 aromatic heterocycles. The molecule has 0 aliphatic heterocycles. The first-order chi connectivity index (χ1) is 14.5. The number of rotatable bonds is 7. The fourth-order valence-electron chi connectivity index (χ4n) is 2.94. The molecule has 0 saturated carbocycles. The number of ether oxygens (including phenoxy) is 2. The van der Waals surface area contributed by atoms with Crippen molar-refractivity contribution < 1.29 is 13.9 Å². The summed E-state index contributed by atoms with van der Waals surface area (Å²) in [5.41, 5.74) is 4.07. The molecule has 0 fully saturated rings. The summed E-state index contributed by atoms with van der Waals surface area (Å²) >= 11 is 3.54. The lowest BCUT2D eigenvalue weighted by Crippen LogP contribution is -2.01. The first-order valence-electron chi connectivity index (χ1n) is 9.52. The molecule has 0 bridgehead atoms. The minimum absolute atomic E-state index is 0.207. The Hall–Kier alpha value is -3.10.